The van der Waals surface area contributed by atoms with Crippen molar-refractivity contribution in [3.05, 3.63) is 230 Å². The van der Waals surface area contributed by atoms with Gasteiger partial charge in [-0.15, -0.1) is 0 Å². The van der Waals surface area contributed by atoms with Crippen molar-refractivity contribution in [3.8, 4) is 45.0 Å². The van der Waals surface area contributed by atoms with Crippen LogP contribution in [-0.2, 0) is 40.1 Å². The molecule has 122 heavy (non-hydrogen) atoms. The first-order valence-corrected chi connectivity index (χ1v) is 44.3. The van der Waals surface area contributed by atoms with E-state index in [1.165, 1.54) is 37.8 Å². The second-order valence-corrected chi connectivity index (χ2v) is 34.4. The summed E-state index contributed by atoms with van der Waals surface area (Å²) in [6, 6.07) is 38.2. The van der Waals surface area contributed by atoms with Gasteiger partial charge in [-0.2, -0.15) is 4.98 Å². The molecule has 0 radical (unpaired) electrons. The van der Waals surface area contributed by atoms with E-state index in [-0.39, 0.29) is 45.5 Å². The number of halogens is 5. The summed E-state index contributed by atoms with van der Waals surface area (Å²) in [7, 11) is -14.3. The third-order valence-corrected chi connectivity index (χ3v) is 23.8. The molecule has 628 valence electrons. The Hall–Kier alpha value is -14.0. The first-order valence-electron chi connectivity index (χ1n) is 37.4. The van der Waals surface area contributed by atoms with Crippen LogP contribution >= 0.6 is 11.6 Å². The fourth-order valence-corrected chi connectivity index (χ4v) is 17.1. The predicted molar refractivity (Wildman–Crippen MR) is 463 cm³/mol. The Morgan fingerprint density at radius 2 is 0.770 bits per heavy atom. The average Bonchev–Trinajstić information content (AvgIpc) is 1.49. The smallest absolute Gasteiger partial charge is 0.232 e. The number of sulfonamides is 4. The lowest BCUT2D eigenvalue weighted by Crippen LogP contribution is -2.17. The van der Waals surface area contributed by atoms with Crippen molar-refractivity contribution in [3.63, 3.8) is 0 Å². The summed E-state index contributed by atoms with van der Waals surface area (Å²) in [5.74, 6) is -3.63. The van der Waals surface area contributed by atoms with Crippen LogP contribution in [0, 0.1) is 30.2 Å². The summed E-state index contributed by atoms with van der Waals surface area (Å²) in [4.78, 5) is 70.7. The van der Waals surface area contributed by atoms with Crippen molar-refractivity contribution in [1.82, 2.24) is 89.7 Å². The monoisotopic (exact) mass is 1750 g/mol. The molecule has 34 nitrogen and oxygen atoms in total. The lowest BCUT2D eigenvalue weighted by Gasteiger charge is -2.16. The van der Waals surface area contributed by atoms with Crippen molar-refractivity contribution in [2.24, 2.45) is 0 Å². The maximum atomic E-state index is 15.1. The molecule has 0 saturated carbocycles. The van der Waals surface area contributed by atoms with E-state index in [4.69, 9.17) is 11.6 Å². The van der Waals surface area contributed by atoms with Crippen LogP contribution in [0.3, 0.4) is 0 Å². The molecule has 0 spiro atoms. The Balaban J connectivity index is 0.000000140. The Morgan fingerprint density at radius 1 is 0.361 bits per heavy atom. The summed E-state index contributed by atoms with van der Waals surface area (Å²) < 4.78 is 165. The number of imidazole rings is 4. The van der Waals surface area contributed by atoms with Gasteiger partial charge in [-0.1, -0.05) is 88.4 Å². The van der Waals surface area contributed by atoms with Crippen molar-refractivity contribution < 1.29 is 51.2 Å². The number of nitrogens with zero attached hydrogens (tertiary/aromatic N) is 14. The maximum absolute atomic E-state index is 15.1. The van der Waals surface area contributed by atoms with Crippen LogP contribution in [-0.4, -0.2) is 146 Å². The Kier molecular flexibility index (Phi) is 26.7. The fourth-order valence-electron chi connectivity index (χ4n) is 12.4. The molecule has 16 rings (SSSR count). The molecule has 43 heteroatoms. The highest BCUT2D eigenvalue weighted by atomic mass is 35.5. The zero-order chi connectivity index (χ0) is 86.3. The third kappa shape index (κ3) is 20.8. The van der Waals surface area contributed by atoms with Gasteiger partial charge in [-0.05, 0) is 123 Å². The van der Waals surface area contributed by atoms with Gasteiger partial charge in [-0.25, -0.2) is 116 Å². The largest absolute Gasteiger partial charge is 0.355 e. The highest BCUT2D eigenvalue weighted by Gasteiger charge is 2.25. The van der Waals surface area contributed by atoms with Crippen molar-refractivity contribution in [1.29, 1.82) is 0 Å². The van der Waals surface area contributed by atoms with Gasteiger partial charge in [-0.3, -0.25) is 18.9 Å². The summed E-state index contributed by atoms with van der Waals surface area (Å²) in [6.45, 7) is 8.98. The molecular weight excluding hydrogens is 1680 g/mol. The van der Waals surface area contributed by atoms with Gasteiger partial charge < -0.3 is 41.2 Å². The van der Waals surface area contributed by atoms with Crippen LogP contribution in [0.2, 0.25) is 5.28 Å². The van der Waals surface area contributed by atoms with Gasteiger partial charge in [0.25, 0.3) is 0 Å². The van der Waals surface area contributed by atoms with Crippen LogP contribution in [0.5, 0.6) is 0 Å². The molecule has 0 saturated heterocycles. The van der Waals surface area contributed by atoms with Crippen LogP contribution in [0.4, 0.5) is 86.1 Å². The minimum absolute atomic E-state index is 0.0643. The van der Waals surface area contributed by atoms with E-state index in [0.717, 1.165) is 74.7 Å². The maximum Gasteiger partial charge on any atom is 0.232 e. The number of H-pyrrole nitrogens is 4. The second kappa shape index (κ2) is 38.0. The molecule has 10 heterocycles. The Bertz CT molecular complexity index is 6980. The standard InChI is InChI=1S/C21H22N6O2S.C20H18F2N6O2S.C19H16ClF2N7O2S.C19H19N7O2S/c1-3-10-30(28,29)27-15-9-8-14(2)18(11-15)26-17-7-5-4-6-16(17)19-20-21(24-12-22-19)25-13-23-20;1-2-9-31(29,30)28-15-8-7-13(21)18(16(15)22)27-14-6-4-3-5-12(14)17-19-20(25-10-23-17)26-11-24-19;1-2-8-32(30,31)29-12-6-5-11(21)15(13(12)22)26-17-10(4-3-7-23-17)14-16-18(25-9-24-14)28-19(20)27-16;1-2-9-29(27,28)26-13-7-8-20-16(10-13)25-15-6-4-3-5-14(15)17-18-19(23-11-21-17)24-12-22-18/h4-9,11-13,26-27H,3,10H2,1-2H3,(H,22,23,24,25);3-8,10-11,27-28H,2,9H2,1H3,(H,23,24,25,26);3-7,9,29H,2,8H2,1H3,(H,23,26)(H,24,25,27,28);3-8,10-12H,2,9H2,1H3,(H2,20,25,26)(H,21,22,23,24). The van der Waals surface area contributed by atoms with Crippen LogP contribution in [0.25, 0.3) is 89.7 Å². The molecule has 10 aromatic heterocycles. The average molecular weight is 1760 g/mol. The number of hydrogen-bond donors (Lipinski definition) is 12. The van der Waals surface area contributed by atoms with Crippen molar-refractivity contribution in [2.75, 3.05) is 63.2 Å². The van der Waals surface area contributed by atoms with Gasteiger partial charge in [0.15, 0.2) is 34.2 Å². The fraction of sp³-hybridized carbons (Fsp3) is 0.165. The minimum atomic E-state index is -3.78. The molecule has 0 aliphatic rings. The van der Waals surface area contributed by atoms with E-state index in [0.29, 0.717) is 110 Å². The van der Waals surface area contributed by atoms with E-state index in [9.17, 15) is 42.5 Å². The molecule has 0 amide bonds. The Labute approximate surface area is 700 Å². The SMILES string of the molecule is CCCS(=O)(=O)Nc1ccc(C)c(Nc2ccccc2-c2ncnc3nc[nH]c23)c1.CCCS(=O)(=O)Nc1ccc(F)c(Nc2ccccc2-c2ncnc3nc[nH]c23)c1F.CCCS(=O)(=O)Nc1ccc(F)c(Nc2ncccc2-c2ncnc3nc(Cl)[nH]c23)c1F.CCCS(=O)(=O)Nc1ccnc(Nc2ccccc2-c2ncnc3nc[nH]c23)c1. The first kappa shape index (κ1) is 85.9. The number of aromatic amines is 4. The molecule has 0 fully saturated rings. The van der Waals surface area contributed by atoms with Crippen LogP contribution < -0.4 is 40.2 Å². The van der Waals surface area contributed by atoms with Gasteiger partial charge in [0.05, 0.1) is 64.7 Å². The molecule has 0 aliphatic heterocycles. The van der Waals surface area contributed by atoms with E-state index in [1.807, 2.05) is 75.4 Å². The molecule has 6 aromatic carbocycles. The van der Waals surface area contributed by atoms with E-state index in [2.05, 4.69) is 130 Å². The molecular formula is C79H75ClF4N26O8S4. The number of aryl methyl sites for hydroxylation is 1. The quantitative estimate of drug-likeness (QED) is 0.0160. The molecule has 16 aromatic rings. The molecule has 0 bridgehead atoms. The minimum Gasteiger partial charge on any atom is -0.355 e. The number of rotatable bonds is 28. The molecule has 12 N–H and O–H groups in total. The number of aromatic nitrogens is 18. The van der Waals surface area contributed by atoms with Crippen LogP contribution in [0.15, 0.2) is 196 Å². The van der Waals surface area contributed by atoms with E-state index >= 15 is 8.78 Å². The first-order chi connectivity index (χ1) is 58.7. The number of hydrogen-bond acceptors (Lipinski definition) is 26. The van der Waals surface area contributed by atoms with E-state index in [1.54, 1.807) is 93.4 Å². The van der Waals surface area contributed by atoms with Crippen molar-refractivity contribution >= 4 is 165 Å². The zero-order valence-electron chi connectivity index (χ0n) is 65.2. The third-order valence-electron chi connectivity index (χ3n) is 17.7. The van der Waals surface area contributed by atoms with Gasteiger partial charge >= 0.3 is 0 Å². The number of fused-ring (bicyclic) bond motifs is 4. The summed E-state index contributed by atoms with van der Waals surface area (Å²) in [5, 5.41) is 12.1. The molecule has 0 atom stereocenters. The lowest BCUT2D eigenvalue weighted by molar-refractivity contribution is 0.588. The number of pyridine rings is 2. The zero-order valence-corrected chi connectivity index (χ0v) is 69.2. The van der Waals surface area contributed by atoms with Crippen LogP contribution in [0.1, 0.15) is 58.9 Å². The lowest BCUT2D eigenvalue weighted by atomic mass is 10.1. The number of para-hydroxylation sites is 3. The molecule has 0 unspecified atom stereocenters. The topological polar surface area (TPSA) is 476 Å². The number of anilines is 12. The van der Waals surface area contributed by atoms with Gasteiger partial charge in [0, 0.05) is 63.5 Å². The summed E-state index contributed by atoms with van der Waals surface area (Å²) in [6.07, 6.45) is 15.0. The van der Waals surface area contributed by atoms with Gasteiger partial charge in [0.1, 0.15) is 105 Å². The molecule has 0 aliphatic carbocycles. The summed E-state index contributed by atoms with van der Waals surface area (Å²) >= 11 is 5.93. The van der Waals surface area contributed by atoms with Crippen molar-refractivity contribution in [2.45, 2.75) is 60.3 Å². The van der Waals surface area contributed by atoms with Gasteiger partial charge in [0.2, 0.25) is 45.4 Å². The highest BCUT2D eigenvalue weighted by Crippen LogP contribution is 2.40. The predicted octanol–water partition coefficient (Wildman–Crippen LogP) is 16.0. The number of benzene rings is 6. The highest BCUT2D eigenvalue weighted by molar-refractivity contribution is 7.93. The number of nitrogens with one attached hydrogen (secondary N) is 12. The normalized spacial score (nSPS) is 11.6. The Morgan fingerprint density at radius 3 is 1.25 bits per heavy atom. The second-order valence-electron chi connectivity index (χ2n) is 26.7. The summed E-state index contributed by atoms with van der Waals surface area (Å²) in [5.41, 5.74) is 12.3. The van der Waals surface area contributed by atoms with E-state index < -0.39 is 74.7 Å².